The molecule has 1 saturated heterocycles. The van der Waals surface area contributed by atoms with Crippen LogP contribution in [0, 0.1) is 12.8 Å². The summed E-state index contributed by atoms with van der Waals surface area (Å²) in [6.45, 7) is 3.00. The summed E-state index contributed by atoms with van der Waals surface area (Å²) in [6, 6.07) is 15.6. The van der Waals surface area contributed by atoms with Crippen molar-refractivity contribution in [1.82, 2.24) is 0 Å². The van der Waals surface area contributed by atoms with Gasteiger partial charge in [-0.3, -0.25) is 0 Å². The molecule has 2 heterocycles. The largest absolute Gasteiger partial charge is 0.378 e. The van der Waals surface area contributed by atoms with Crippen molar-refractivity contribution >= 4 is 21.6 Å². The van der Waals surface area contributed by atoms with E-state index in [4.69, 9.17) is 4.74 Å². The minimum Gasteiger partial charge on any atom is -0.378 e. The Morgan fingerprint density at radius 3 is 2.76 bits per heavy atom. The van der Waals surface area contributed by atoms with Crippen LogP contribution in [0.3, 0.4) is 0 Å². The second-order valence-corrected chi connectivity index (χ2v) is 6.92. The number of hydrogen-bond acceptors (Lipinski definition) is 2. The Morgan fingerprint density at radius 2 is 1.95 bits per heavy atom. The number of ether oxygens (including phenoxy) is 1. The maximum Gasteiger partial charge on any atom is 0.0896 e. The number of nitrogens with one attached hydrogen (secondary N) is 1. The molecule has 0 amide bonds. The summed E-state index contributed by atoms with van der Waals surface area (Å²) >= 11 is 3.51. The van der Waals surface area contributed by atoms with Gasteiger partial charge in [0, 0.05) is 28.2 Å². The molecule has 0 aliphatic carbocycles. The SMILES string of the molecule is Cc1ccc2c(c1)[C@@H]1OCC[C@@H]1[C@H](c1ccc(Br)cc1)N2. The first-order valence-corrected chi connectivity index (χ1v) is 8.26. The zero-order valence-corrected chi connectivity index (χ0v) is 13.6. The molecule has 0 spiro atoms. The van der Waals surface area contributed by atoms with E-state index in [0.717, 1.165) is 17.5 Å². The molecule has 2 nitrogen and oxygen atoms in total. The van der Waals surface area contributed by atoms with Crippen molar-refractivity contribution in [1.29, 1.82) is 0 Å². The number of benzene rings is 2. The van der Waals surface area contributed by atoms with E-state index in [9.17, 15) is 0 Å². The fourth-order valence-electron chi connectivity index (χ4n) is 3.59. The fourth-order valence-corrected chi connectivity index (χ4v) is 3.86. The van der Waals surface area contributed by atoms with E-state index in [-0.39, 0.29) is 6.10 Å². The van der Waals surface area contributed by atoms with Crippen LogP contribution in [-0.4, -0.2) is 6.61 Å². The molecule has 0 saturated carbocycles. The van der Waals surface area contributed by atoms with Crippen molar-refractivity contribution in [2.24, 2.45) is 5.92 Å². The molecule has 3 atom stereocenters. The van der Waals surface area contributed by atoms with Crippen LogP contribution in [0.2, 0.25) is 0 Å². The molecule has 2 aromatic rings. The summed E-state index contributed by atoms with van der Waals surface area (Å²) in [4.78, 5) is 0. The van der Waals surface area contributed by atoms with E-state index in [2.05, 4.69) is 70.6 Å². The van der Waals surface area contributed by atoms with Gasteiger partial charge in [-0.15, -0.1) is 0 Å². The van der Waals surface area contributed by atoms with Crippen LogP contribution in [0.25, 0.3) is 0 Å². The van der Waals surface area contributed by atoms with Gasteiger partial charge in [-0.05, 0) is 37.1 Å². The molecule has 0 bridgehead atoms. The van der Waals surface area contributed by atoms with E-state index in [1.54, 1.807) is 0 Å². The lowest BCUT2D eigenvalue weighted by atomic mass is 9.81. The number of halogens is 1. The number of anilines is 1. The average molecular weight is 344 g/mol. The smallest absolute Gasteiger partial charge is 0.0896 e. The van der Waals surface area contributed by atoms with Gasteiger partial charge in [-0.2, -0.15) is 0 Å². The van der Waals surface area contributed by atoms with Crippen molar-refractivity contribution in [2.75, 3.05) is 11.9 Å². The number of hydrogen-bond donors (Lipinski definition) is 1. The molecular formula is C18H18BrNO. The third kappa shape index (κ3) is 2.29. The first kappa shape index (κ1) is 13.4. The quantitative estimate of drug-likeness (QED) is 0.786. The lowest BCUT2D eigenvalue weighted by molar-refractivity contribution is 0.0829. The molecule has 2 aliphatic heterocycles. The van der Waals surface area contributed by atoms with Crippen molar-refractivity contribution in [2.45, 2.75) is 25.5 Å². The summed E-state index contributed by atoms with van der Waals surface area (Å²) in [5, 5.41) is 3.74. The van der Waals surface area contributed by atoms with Crippen LogP contribution in [-0.2, 0) is 4.74 Å². The standard InChI is InChI=1S/C18H18BrNO/c1-11-2-7-16-15(10-11)18-14(8-9-21-18)17(20-16)12-3-5-13(19)6-4-12/h2-7,10,14,17-18,20H,8-9H2,1H3/t14-,17+,18-/m1/s1. The molecular weight excluding hydrogens is 326 g/mol. The van der Waals surface area contributed by atoms with Crippen molar-refractivity contribution in [3.8, 4) is 0 Å². The maximum absolute atomic E-state index is 6.06. The molecule has 0 radical (unpaired) electrons. The van der Waals surface area contributed by atoms with Crippen LogP contribution in [0.1, 0.15) is 35.3 Å². The molecule has 0 aromatic heterocycles. The molecule has 4 rings (SSSR count). The van der Waals surface area contributed by atoms with Crippen LogP contribution < -0.4 is 5.32 Å². The van der Waals surface area contributed by atoms with Crippen molar-refractivity contribution in [3.63, 3.8) is 0 Å². The molecule has 3 heteroatoms. The van der Waals surface area contributed by atoms with E-state index in [1.165, 1.54) is 22.4 Å². The van der Waals surface area contributed by atoms with Gasteiger partial charge >= 0.3 is 0 Å². The van der Waals surface area contributed by atoms with Gasteiger partial charge < -0.3 is 10.1 Å². The molecule has 1 fully saturated rings. The summed E-state index contributed by atoms with van der Waals surface area (Å²) in [6.07, 6.45) is 1.35. The van der Waals surface area contributed by atoms with Gasteiger partial charge in [0.1, 0.15) is 0 Å². The van der Waals surface area contributed by atoms with E-state index >= 15 is 0 Å². The second-order valence-electron chi connectivity index (χ2n) is 6.01. The van der Waals surface area contributed by atoms with Crippen LogP contribution in [0.4, 0.5) is 5.69 Å². The van der Waals surface area contributed by atoms with Crippen LogP contribution in [0.5, 0.6) is 0 Å². The highest BCUT2D eigenvalue weighted by Gasteiger charge is 2.41. The monoisotopic (exact) mass is 343 g/mol. The van der Waals surface area contributed by atoms with Gasteiger partial charge in [-0.1, -0.05) is 45.8 Å². The first-order chi connectivity index (χ1) is 10.2. The molecule has 108 valence electrons. The molecule has 2 aliphatic rings. The Balaban J connectivity index is 1.77. The van der Waals surface area contributed by atoms with Gasteiger partial charge in [0.05, 0.1) is 12.1 Å². The third-order valence-electron chi connectivity index (χ3n) is 4.62. The van der Waals surface area contributed by atoms with Crippen LogP contribution >= 0.6 is 15.9 Å². The number of fused-ring (bicyclic) bond motifs is 3. The Bertz CT molecular complexity index is 667. The van der Waals surface area contributed by atoms with Gasteiger partial charge in [0.2, 0.25) is 0 Å². The Kier molecular flexibility index (Phi) is 3.27. The number of aryl methyl sites for hydroxylation is 1. The van der Waals surface area contributed by atoms with Gasteiger partial charge in [0.25, 0.3) is 0 Å². The second kappa shape index (κ2) is 5.15. The Labute approximate surface area is 133 Å². The van der Waals surface area contributed by atoms with E-state index in [1.807, 2.05) is 0 Å². The van der Waals surface area contributed by atoms with Gasteiger partial charge in [0.15, 0.2) is 0 Å². The average Bonchev–Trinajstić information content (AvgIpc) is 2.97. The topological polar surface area (TPSA) is 21.3 Å². The van der Waals surface area contributed by atoms with Crippen molar-refractivity contribution < 1.29 is 4.74 Å². The Morgan fingerprint density at radius 1 is 1.14 bits per heavy atom. The Hall–Kier alpha value is -1.32. The highest BCUT2D eigenvalue weighted by molar-refractivity contribution is 9.10. The zero-order chi connectivity index (χ0) is 14.4. The fraction of sp³-hybridized carbons (Fsp3) is 0.333. The first-order valence-electron chi connectivity index (χ1n) is 7.46. The maximum atomic E-state index is 6.06. The predicted octanol–water partition coefficient (Wildman–Crippen LogP) is 5.00. The molecule has 1 N–H and O–H groups in total. The summed E-state index contributed by atoms with van der Waals surface area (Å²) in [7, 11) is 0. The lowest BCUT2D eigenvalue weighted by Crippen LogP contribution is -2.29. The third-order valence-corrected chi connectivity index (χ3v) is 5.15. The summed E-state index contributed by atoms with van der Waals surface area (Å²) in [5.74, 6) is 0.514. The number of rotatable bonds is 1. The minimum absolute atomic E-state index is 0.231. The van der Waals surface area contributed by atoms with Gasteiger partial charge in [-0.25, -0.2) is 0 Å². The normalized spacial score (nSPS) is 26.9. The van der Waals surface area contributed by atoms with Crippen LogP contribution in [0.15, 0.2) is 46.9 Å². The molecule has 21 heavy (non-hydrogen) atoms. The molecule has 2 aromatic carbocycles. The summed E-state index contributed by atoms with van der Waals surface area (Å²) in [5.41, 5.74) is 5.18. The predicted molar refractivity (Wildman–Crippen MR) is 88.5 cm³/mol. The van der Waals surface area contributed by atoms with E-state index in [0.29, 0.717) is 12.0 Å². The highest BCUT2D eigenvalue weighted by Crippen LogP contribution is 2.49. The highest BCUT2D eigenvalue weighted by atomic mass is 79.9. The summed E-state index contributed by atoms with van der Waals surface area (Å²) < 4.78 is 7.19. The zero-order valence-electron chi connectivity index (χ0n) is 12.0. The van der Waals surface area contributed by atoms with E-state index < -0.39 is 0 Å². The minimum atomic E-state index is 0.231. The lowest BCUT2D eigenvalue weighted by Gasteiger charge is -2.36. The molecule has 0 unspecified atom stereocenters. The van der Waals surface area contributed by atoms with Crippen molar-refractivity contribution in [3.05, 3.63) is 63.6 Å².